The third kappa shape index (κ3) is 6.71. The Kier molecular flexibility index (Phi) is 8.77. The first kappa shape index (κ1) is 29.0. The van der Waals surface area contributed by atoms with Crippen LogP contribution in [0.5, 0.6) is 28.7 Å². The molecule has 0 bridgehead atoms. The van der Waals surface area contributed by atoms with E-state index in [2.05, 4.69) is 6.07 Å². The number of halogens is 1. The molecule has 0 aromatic heterocycles. The maximum absolute atomic E-state index is 14.1. The number of rotatable bonds is 10. The molecule has 0 fully saturated rings. The Morgan fingerprint density at radius 2 is 1.79 bits per heavy atom. The van der Waals surface area contributed by atoms with Gasteiger partial charge in [0, 0.05) is 17.2 Å². The van der Waals surface area contributed by atoms with Gasteiger partial charge in [0.25, 0.3) is 0 Å². The molecule has 2 N–H and O–H groups in total. The number of nitrogens with two attached hydrogens (primary N) is 1. The lowest BCUT2D eigenvalue weighted by atomic mass is 9.83. The van der Waals surface area contributed by atoms with Crippen LogP contribution in [0.25, 0.3) is 0 Å². The first-order valence-electron chi connectivity index (χ1n) is 13.6. The summed E-state index contributed by atoms with van der Waals surface area (Å²) in [5.41, 5.74) is 9.15. The van der Waals surface area contributed by atoms with Gasteiger partial charge in [-0.15, -0.1) is 0 Å². The molecule has 0 saturated carbocycles. The van der Waals surface area contributed by atoms with Crippen molar-refractivity contribution < 1.29 is 32.9 Å². The van der Waals surface area contributed by atoms with Gasteiger partial charge in [-0.1, -0.05) is 42.5 Å². The topological polar surface area (TPSA) is 113 Å². The van der Waals surface area contributed by atoms with Crippen molar-refractivity contribution in [2.24, 2.45) is 5.73 Å². The molecule has 218 valence electrons. The Morgan fingerprint density at radius 1 is 0.953 bits per heavy atom. The number of allylic oxidation sites excluding steroid dienone is 1. The number of carbonyl (C=O) groups excluding carboxylic acids is 1. The van der Waals surface area contributed by atoms with Crippen molar-refractivity contribution in [2.45, 2.75) is 26.4 Å². The van der Waals surface area contributed by atoms with Crippen molar-refractivity contribution in [3.63, 3.8) is 0 Å². The first-order valence-corrected chi connectivity index (χ1v) is 13.6. The van der Waals surface area contributed by atoms with Crippen LogP contribution in [0, 0.1) is 24.1 Å². The van der Waals surface area contributed by atoms with Gasteiger partial charge < -0.3 is 29.4 Å². The zero-order valence-electron chi connectivity index (χ0n) is 23.6. The van der Waals surface area contributed by atoms with E-state index in [0.29, 0.717) is 46.3 Å². The van der Waals surface area contributed by atoms with E-state index in [0.717, 1.165) is 5.56 Å². The number of carbonyl (C=O) groups is 1. The second-order valence-electron chi connectivity index (χ2n) is 9.72. The van der Waals surface area contributed by atoms with Gasteiger partial charge >= 0.3 is 5.97 Å². The van der Waals surface area contributed by atoms with Crippen molar-refractivity contribution in [1.29, 1.82) is 5.26 Å². The summed E-state index contributed by atoms with van der Waals surface area (Å²) in [6, 6.07) is 26.0. The van der Waals surface area contributed by atoms with E-state index in [4.69, 9.17) is 29.4 Å². The van der Waals surface area contributed by atoms with E-state index in [-0.39, 0.29) is 36.2 Å². The molecule has 43 heavy (non-hydrogen) atoms. The van der Waals surface area contributed by atoms with Crippen molar-refractivity contribution in [2.75, 3.05) is 13.2 Å². The Bertz CT molecular complexity index is 1730. The van der Waals surface area contributed by atoms with Crippen LogP contribution < -0.4 is 29.4 Å². The summed E-state index contributed by atoms with van der Waals surface area (Å²) in [6.07, 6.45) is 0. The highest BCUT2D eigenvalue weighted by molar-refractivity contribution is 5.74. The minimum atomic E-state index is -0.595. The lowest BCUT2D eigenvalue weighted by Crippen LogP contribution is -2.22. The molecule has 9 heteroatoms. The summed E-state index contributed by atoms with van der Waals surface area (Å²) in [5.74, 6) is 0.366. The van der Waals surface area contributed by atoms with E-state index in [1.807, 2.05) is 32.0 Å². The number of fused-ring (bicyclic) bond motifs is 1. The molecule has 4 aromatic rings. The summed E-state index contributed by atoms with van der Waals surface area (Å²) in [5, 5.41) is 9.98. The normalized spacial score (nSPS) is 13.8. The fourth-order valence-electron chi connectivity index (χ4n) is 4.71. The Balaban J connectivity index is 1.38. The number of nitrogens with zero attached hydrogens (tertiary/aromatic N) is 1. The Morgan fingerprint density at radius 3 is 2.56 bits per heavy atom. The smallest absolute Gasteiger partial charge is 0.349 e. The monoisotopic (exact) mass is 580 g/mol. The number of aryl methyl sites for hydroxylation is 1. The summed E-state index contributed by atoms with van der Waals surface area (Å²) < 4.78 is 42.6. The van der Waals surface area contributed by atoms with Gasteiger partial charge in [-0.05, 0) is 61.4 Å². The van der Waals surface area contributed by atoms with Gasteiger partial charge in [-0.2, -0.15) is 5.26 Å². The van der Waals surface area contributed by atoms with E-state index in [1.165, 1.54) is 6.07 Å². The van der Waals surface area contributed by atoms with Gasteiger partial charge in [0.2, 0.25) is 5.88 Å². The minimum Gasteiger partial charge on any atom is -0.490 e. The molecule has 5 rings (SSSR count). The molecule has 0 spiro atoms. The maximum Gasteiger partial charge on any atom is 0.349 e. The highest BCUT2D eigenvalue weighted by Gasteiger charge is 2.32. The van der Waals surface area contributed by atoms with E-state index >= 15 is 0 Å². The fourth-order valence-corrected chi connectivity index (χ4v) is 4.71. The molecule has 0 aliphatic carbocycles. The number of ether oxygens (including phenoxy) is 5. The van der Waals surface area contributed by atoms with E-state index in [9.17, 15) is 14.4 Å². The van der Waals surface area contributed by atoms with Gasteiger partial charge in [0.1, 0.15) is 41.3 Å². The molecule has 1 unspecified atom stereocenters. The number of esters is 1. The molecule has 1 heterocycles. The number of hydrogen-bond donors (Lipinski definition) is 1. The van der Waals surface area contributed by atoms with Crippen molar-refractivity contribution in [3.8, 4) is 34.8 Å². The van der Waals surface area contributed by atoms with Crippen molar-refractivity contribution in [1.82, 2.24) is 0 Å². The molecule has 1 aliphatic rings. The zero-order chi connectivity index (χ0) is 30.3. The van der Waals surface area contributed by atoms with Crippen LogP contribution in [0.2, 0.25) is 0 Å². The van der Waals surface area contributed by atoms with Crippen LogP contribution in [0.4, 0.5) is 4.39 Å². The van der Waals surface area contributed by atoms with Crippen LogP contribution in [0.1, 0.15) is 35.1 Å². The van der Waals surface area contributed by atoms with Crippen LogP contribution in [-0.4, -0.2) is 19.2 Å². The predicted molar refractivity (Wildman–Crippen MR) is 156 cm³/mol. The molecule has 0 radical (unpaired) electrons. The predicted octanol–water partition coefficient (Wildman–Crippen LogP) is 6.31. The minimum absolute atomic E-state index is 0.0139. The zero-order valence-corrected chi connectivity index (χ0v) is 23.6. The third-order valence-electron chi connectivity index (χ3n) is 6.71. The summed E-state index contributed by atoms with van der Waals surface area (Å²) in [4.78, 5) is 12.5. The molecular formula is C34H29FN2O6. The molecule has 0 amide bonds. The number of benzene rings is 4. The van der Waals surface area contributed by atoms with Gasteiger partial charge in [-0.3, -0.25) is 0 Å². The van der Waals surface area contributed by atoms with Crippen LogP contribution >= 0.6 is 0 Å². The SMILES string of the molecule is CCOc1cc(C2C(C#N)=C(N)Oc3cc(OC(=O)COc4cccc(C)c4)ccc32)ccc1OCc1ccccc1F. The highest BCUT2D eigenvalue weighted by atomic mass is 19.1. The molecular weight excluding hydrogens is 551 g/mol. The standard InChI is InChI=1S/C34H29FN2O6/c1-3-39-31-16-22(11-14-29(31)41-19-23-8-4-5-10-28(23)35)33-26-13-12-25(17-30(26)43-34(37)27(33)18-36)42-32(38)20-40-24-9-6-7-21(2)15-24/h4-17,33H,3,19-20,37H2,1-2H3. The average molecular weight is 581 g/mol. The van der Waals surface area contributed by atoms with Gasteiger partial charge in [0.15, 0.2) is 18.1 Å². The quantitative estimate of drug-likeness (QED) is 0.171. The van der Waals surface area contributed by atoms with Crippen LogP contribution in [0.15, 0.2) is 96.4 Å². The third-order valence-corrected chi connectivity index (χ3v) is 6.71. The summed E-state index contributed by atoms with van der Waals surface area (Å²) in [7, 11) is 0. The maximum atomic E-state index is 14.1. The summed E-state index contributed by atoms with van der Waals surface area (Å²) in [6.45, 7) is 3.85. The molecule has 8 nitrogen and oxygen atoms in total. The molecule has 0 saturated heterocycles. The first-order chi connectivity index (χ1) is 20.9. The van der Waals surface area contributed by atoms with Crippen molar-refractivity contribution >= 4 is 5.97 Å². The lowest BCUT2D eigenvalue weighted by molar-refractivity contribution is -0.136. The van der Waals surface area contributed by atoms with Crippen molar-refractivity contribution in [3.05, 3.63) is 124 Å². The van der Waals surface area contributed by atoms with Gasteiger partial charge in [-0.25, -0.2) is 9.18 Å². The largest absolute Gasteiger partial charge is 0.490 e. The van der Waals surface area contributed by atoms with Crippen LogP contribution in [-0.2, 0) is 11.4 Å². The molecule has 1 atom stereocenters. The second-order valence-corrected chi connectivity index (χ2v) is 9.72. The van der Waals surface area contributed by atoms with Gasteiger partial charge in [0.05, 0.1) is 12.5 Å². The fraction of sp³-hybridized carbons (Fsp3) is 0.176. The highest BCUT2D eigenvalue weighted by Crippen LogP contribution is 2.45. The molecule has 1 aliphatic heterocycles. The number of nitriles is 1. The van der Waals surface area contributed by atoms with E-state index < -0.39 is 11.9 Å². The Labute approximate surface area is 248 Å². The Hall–Kier alpha value is -5.49. The average Bonchev–Trinajstić information content (AvgIpc) is 2.99. The second kappa shape index (κ2) is 13.0. The molecule has 4 aromatic carbocycles. The number of hydrogen-bond acceptors (Lipinski definition) is 8. The van der Waals surface area contributed by atoms with Crippen LogP contribution in [0.3, 0.4) is 0 Å². The van der Waals surface area contributed by atoms with E-state index in [1.54, 1.807) is 60.7 Å². The lowest BCUT2D eigenvalue weighted by Gasteiger charge is -2.27. The summed E-state index contributed by atoms with van der Waals surface area (Å²) >= 11 is 0.